The van der Waals surface area contributed by atoms with Crippen molar-refractivity contribution < 1.29 is 4.79 Å². The average molecular weight is 407 g/mol. The van der Waals surface area contributed by atoms with Crippen molar-refractivity contribution in [1.29, 1.82) is 0 Å². The molecule has 1 aliphatic heterocycles. The largest absolute Gasteiger partial charge is 0.354 e. The highest BCUT2D eigenvalue weighted by Crippen LogP contribution is 2.29. The van der Waals surface area contributed by atoms with E-state index in [0.29, 0.717) is 0 Å². The molecule has 0 aliphatic carbocycles. The lowest BCUT2D eigenvalue weighted by Crippen LogP contribution is -2.37. The highest BCUT2D eigenvalue weighted by molar-refractivity contribution is 5.91. The molecule has 158 valence electrons. The number of nitrogens with zero attached hydrogens (tertiary/aromatic N) is 6. The maximum Gasteiger partial charge on any atom is 0.225 e. The van der Waals surface area contributed by atoms with Crippen LogP contribution >= 0.6 is 0 Å². The zero-order valence-electron chi connectivity index (χ0n) is 18.3. The molecule has 0 saturated carbocycles. The number of carbonyl (C=O) groups is 1. The molecule has 0 bridgehead atoms. The van der Waals surface area contributed by atoms with E-state index in [-0.39, 0.29) is 11.8 Å². The summed E-state index contributed by atoms with van der Waals surface area (Å²) in [5, 5.41) is 5.80. The molecule has 3 heterocycles. The number of amides is 1. The third-order valence-corrected chi connectivity index (χ3v) is 5.65. The number of aryl methyl sites for hydroxylation is 2. The molecule has 0 N–H and O–H groups in total. The minimum absolute atomic E-state index is 0.0281. The Morgan fingerprint density at radius 2 is 1.83 bits per heavy atom. The minimum atomic E-state index is 0.0281. The third-order valence-electron chi connectivity index (χ3n) is 5.65. The van der Waals surface area contributed by atoms with E-state index in [1.165, 1.54) is 0 Å². The fourth-order valence-electron chi connectivity index (χ4n) is 4.06. The highest BCUT2D eigenvalue weighted by atomic mass is 16.2. The number of benzene rings is 1. The van der Waals surface area contributed by atoms with Gasteiger partial charge in [0.05, 0.1) is 16.8 Å². The second-order valence-electron chi connectivity index (χ2n) is 8.17. The summed E-state index contributed by atoms with van der Waals surface area (Å²) in [7, 11) is 0. The maximum absolute atomic E-state index is 12.5. The highest BCUT2D eigenvalue weighted by Gasteiger charge is 2.25. The van der Waals surface area contributed by atoms with Crippen molar-refractivity contribution >= 4 is 22.8 Å². The first-order chi connectivity index (χ1) is 14.5. The Morgan fingerprint density at radius 3 is 2.53 bits per heavy atom. The molecule has 3 aromatic rings. The Hall–Kier alpha value is -2.96. The number of rotatable bonds is 4. The summed E-state index contributed by atoms with van der Waals surface area (Å²) >= 11 is 0. The summed E-state index contributed by atoms with van der Waals surface area (Å²) in [6.45, 7) is 11.2. The molecule has 1 fully saturated rings. The second kappa shape index (κ2) is 8.42. The predicted octanol–water partition coefficient (Wildman–Crippen LogP) is 3.38. The molecule has 2 aromatic heterocycles. The van der Waals surface area contributed by atoms with E-state index in [1.807, 2.05) is 60.7 Å². The van der Waals surface area contributed by atoms with Gasteiger partial charge in [0.1, 0.15) is 11.6 Å². The van der Waals surface area contributed by atoms with Gasteiger partial charge in [-0.15, -0.1) is 0 Å². The molecule has 7 nitrogen and oxygen atoms in total. The first-order valence-corrected chi connectivity index (χ1v) is 10.8. The van der Waals surface area contributed by atoms with Crippen molar-refractivity contribution in [1.82, 2.24) is 24.6 Å². The molecular weight excluding hydrogens is 376 g/mol. The van der Waals surface area contributed by atoms with Gasteiger partial charge in [-0.3, -0.25) is 4.79 Å². The number of para-hydroxylation sites is 1. The van der Waals surface area contributed by atoms with Gasteiger partial charge in [0.15, 0.2) is 5.65 Å². The van der Waals surface area contributed by atoms with Crippen LogP contribution in [0.2, 0.25) is 0 Å². The zero-order chi connectivity index (χ0) is 21.3. The summed E-state index contributed by atoms with van der Waals surface area (Å²) in [5.41, 5.74) is 2.76. The number of hydrogen-bond donors (Lipinski definition) is 0. The Morgan fingerprint density at radius 1 is 1.07 bits per heavy atom. The fraction of sp³-hybridized carbons (Fsp3) is 0.478. The predicted molar refractivity (Wildman–Crippen MR) is 119 cm³/mol. The smallest absolute Gasteiger partial charge is 0.225 e. The van der Waals surface area contributed by atoms with E-state index in [1.54, 1.807) is 0 Å². The van der Waals surface area contributed by atoms with Crippen LogP contribution in [0.15, 0.2) is 30.3 Å². The SMILES string of the molecule is CCc1nc(N2CCCN(C(=O)C(C)C)CC2)c2c(C)nn(-c3ccccc3)c2n1. The monoisotopic (exact) mass is 406 g/mol. The van der Waals surface area contributed by atoms with Crippen LogP contribution in [0.4, 0.5) is 5.82 Å². The maximum atomic E-state index is 12.5. The fourth-order valence-corrected chi connectivity index (χ4v) is 4.06. The topological polar surface area (TPSA) is 67.2 Å². The van der Waals surface area contributed by atoms with Gasteiger partial charge in [-0.1, -0.05) is 39.0 Å². The summed E-state index contributed by atoms with van der Waals surface area (Å²) in [6.07, 6.45) is 1.69. The van der Waals surface area contributed by atoms with E-state index in [4.69, 9.17) is 15.1 Å². The Balaban J connectivity index is 1.76. The zero-order valence-corrected chi connectivity index (χ0v) is 18.3. The quantitative estimate of drug-likeness (QED) is 0.664. The van der Waals surface area contributed by atoms with Gasteiger partial charge in [0.25, 0.3) is 0 Å². The van der Waals surface area contributed by atoms with E-state index in [9.17, 15) is 4.79 Å². The molecular formula is C23H30N6O. The van der Waals surface area contributed by atoms with E-state index in [0.717, 1.165) is 73.1 Å². The summed E-state index contributed by atoms with van der Waals surface area (Å²) in [5.74, 6) is 2.01. The molecule has 1 saturated heterocycles. The second-order valence-corrected chi connectivity index (χ2v) is 8.17. The van der Waals surface area contributed by atoms with Crippen molar-refractivity contribution in [2.75, 3.05) is 31.1 Å². The van der Waals surface area contributed by atoms with Crippen molar-refractivity contribution in [3.8, 4) is 5.69 Å². The van der Waals surface area contributed by atoms with Gasteiger partial charge in [-0.05, 0) is 25.5 Å². The van der Waals surface area contributed by atoms with Gasteiger partial charge in [0, 0.05) is 38.5 Å². The van der Waals surface area contributed by atoms with Gasteiger partial charge < -0.3 is 9.80 Å². The van der Waals surface area contributed by atoms with Crippen LogP contribution in [0.5, 0.6) is 0 Å². The van der Waals surface area contributed by atoms with Crippen LogP contribution in [0.3, 0.4) is 0 Å². The lowest BCUT2D eigenvalue weighted by atomic mass is 10.2. The van der Waals surface area contributed by atoms with Crippen molar-refractivity contribution in [3.63, 3.8) is 0 Å². The van der Waals surface area contributed by atoms with Crippen LogP contribution in [0, 0.1) is 12.8 Å². The van der Waals surface area contributed by atoms with Crippen LogP contribution in [-0.2, 0) is 11.2 Å². The first kappa shape index (κ1) is 20.3. The Labute approximate surface area is 177 Å². The summed E-state index contributed by atoms with van der Waals surface area (Å²) < 4.78 is 1.92. The molecule has 1 aliphatic rings. The number of aromatic nitrogens is 4. The van der Waals surface area contributed by atoms with E-state index in [2.05, 4.69) is 11.8 Å². The summed E-state index contributed by atoms with van der Waals surface area (Å²) in [4.78, 5) is 26.5. The summed E-state index contributed by atoms with van der Waals surface area (Å²) in [6, 6.07) is 10.1. The lowest BCUT2D eigenvalue weighted by molar-refractivity contribution is -0.134. The molecule has 1 amide bonds. The standard InChI is InChI=1S/C23H30N6O/c1-5-19-24-21(27-12-9-13-28(15-14-27)23(30)16(2)3)20-17(4)26-29(22(20)25-19)18-10-7-6-8-11-18/h6-8,10-11,16H,5,9,12-15H2,1-4H3. The molecule has 4 rings (SSSR count). The third kappa shape index (κ3) is 3.76. The van der Waals surface area contributed by atoms with Crippen molar-refractivity contribution in [2.45, 2.75) is 40.5 Å². The van der Waals surface area contributed by atoms with Crippen LogP contribution in [-0.4, -0.2) is 56.7 Å². The van der Waals surface area contributed by atoms with Crippen molar-refractivity contribution in [2.24, 2.45) is 5.92 Å². The molecule has 0 spiro atoms. The van der Waals surface area contributed by atoms with Gasteiger partial charge >= 0.3 is 0 Å². The minimum Gasteiger partial charge on any atom is -0.354 e. The molecule has 0 unspecified atom stereocenters. The van der Waals surface area contributed by atoms with Crippen LogP contribution in [0.25, 0.3) is 16.7 Å². The average Bonchev–Trinajstić information content (AvgIpc) is 2.93. The van der Waals surface area contributed by atoms with Gasteiger partial charge in [0.2, 0.25) is 5.91 Å². The number of fused-ring (bicyclic) bond motifs is 1. The van der Waals surface area contributed by atoms with E-state index < -0.39 is 0 Å². The molecule has 1 aromatic carbocycles. The first-order valence-electron chi connectivity index (χ1n) is 10.8. The van der Waals surface area contributed by atoms with Crippen molar-refractivity contribution in [3.05, 3.63) is 41.9 Å². The van der Waals surface area contributed by atoms with E-state index >= 15 is 0 Å². The lowest BCUT2D eigenvalue weighted by Gasteiger charge is -2.24. The van der Waals surface area contributed by atoms with Crippen LogP contribution < -0.4 is 4.90 Å². The Kier molecular flexibility index (Phi) is 5.70. The molecule has 7 heteroatoms. The number of anilines is 1. The van der Waals surface area contributed by atoms with Gasteiger partial charge in [-0.2, -0.15) is 5.10 Å². The van der Waals surface area contributed by atoms with Gasteiger partial charge in [-0.25, -0.2) is 14.6 Å². The molecule has 0 atom stereocenters. The normalized spacial score (nSPS) is 15.1. The Bertz CT molecular complexity index is 1040. The number of carbonyl (C=O) groups excluding carboxylic acids is 1. The number of hydrogen-bond acceptors (Lipinski definition) is 5. The molecule has 30 heavy (non-hydrogen) atoms. The molecule has 0 radical (unpaired) electrons. The van der Waals surface area contributed by atoms with Crippen LogP contribution in [0.1, 0.15) is 38.7 Å².